The fourth-order valence-electron chi connectivity index (χ4n) is 2.08. The molecule has 0 saturated heterocycles. The molecule has 0 aliphatic heterocycles. The minimum atomic E-state index is -0.917. The predicted octanol–water partition coefficient (Wildman–Crippen LogP) is 2.31. The van der Waals surface area contributed by atoms with Gasteiger partial charge in [0.15, 0.2) is 0 Å². The topological polar surface area (TPSA) is 78.4 Å². The number of carbonyl (C=O) groups is 2. The molecule has 2 rings (SSSR count). The molecule has 5 nitrogen and oxygen atoms in total. The van der Waals surface area contributed by atoms with Crippen molar-refractivity contribution in [2.24, 2.45) is 5.92 Å². The molecule has 0 aromatic heterocycles. The molecule has 2 amide bonds. The largest absolute Gasteiger partial charge is 0.396 e. The first-order valence-corrected chi connectivity index (χ1v) is 7.66. The highest BCUT2D eigenvalue weighted by molar-refractivity contribution is 6.39. The summed E-state index contributed by atoms with van der Waals surface area (Å²) in [4.78, 5) is 23.8. The maximum Gasteiger partial charge on any atom is 0.313 e. The second kappa shape index (κ2) is 8.34. The van der Waals surface area contributed by atoms with Crippen LogP contribution in [0.5, 0.6) is 0 Å². The molecule has 1 atom stereocenters. The van der Waals surface area contributed by atoms with Gasteiger partial charge in [-0.25, -0.2) is 8.78 Å². The molecular formula is C18H18F2N2O3. The summed E-state index contributed by atoms with van der Waals surface area (Å²) in [6.45, 7) is 1.75. The van der Waals surface area contributed by atoms with Gasteiger partial charge in [-0.3, -0.25) is 9.59 Å². The van der Waals surface area contributed by atoms with Crippen LogP contribution in [0.15, 0.2) is 42.5 Å². The lowest BCUT2D eigenvalue weighted by atomic mass is 10.0. The van der Waals surface area contributed by atoms with Gasteiger partial charge in [-0.2, -0.15) is 0 Å². The van der Waals surface area contributed by atoms with Crippen molar-refractivity contribution >= 4 is 17.5 Å². The molecule has 7 heteroatoms. The SMILES string of the molecule is CC(CO)CNC(=O)C(=O)Nc1ccc(F)cc1-c1ccc(F)cc1. The van der Waals surface area contributed by atoms with E-state index in [1.165, 1.54) is 36.4 Å². The molecular weight excluding hydrogens is 330 g/mol. The van der Waals surface area contributed by atoms with E-state index in [0.717, 1.165) is 6.07 Å². The Morgan fingerprint density at radius 2 is 1.68 bits per heavy atom. The van der Waals surface area contributed by atoms with Crippen LogP contribution in [0.1, 0.15) is 6.92 Å². The normalized spacial score (nSPS) is 11.7. The Hall–Kier alpha value is -2.80. The lowest BCUT2D eigenvalue weighted by molar-refractivity contribution is -0.136. The van der Waals surface area contributed by atoms with Crippen molar-refractivity contribution in [1.82, 2.24) is 5.32 Å². The third kappa shape index (κ3) is 5.09. The minimum Gasteiger partial charge on any atom is -0.396 e. The average molecular weight is 348 g/mol. The van der Waals surface area contributed by atoms with Gasteiger partial charge in [0.25, 0.3) is 0 Å². The second-order valence-corrected chi connectivity index (χ2v) is 5.65. The lowest BCUT2D eigenvalue weighted by Gasteiger charge is -2.13. The van der Waals surface area contributed by atoms with E-state index in [0.29, 0.717) is 11.1 Å². The molecule has 1 unspecified atom stereocenters. The van der Waals surface area contributed by atoms with E-state index in [2.05, 4.69) is 10.6 Å². The first-order valence-electron chi connectivity index (χ1n) is 7.66. The number of amides is 2. The number of hydrogen-bond donors (Lipinski definition) is 3. The summed E-state index contributed by atoms with van der Waals surface area (Å²) in [5.74, 6) is -2.94. The van der Waals surface area contributed by atoms with Crippen molar-refractivity contribution < 1.29 is 23.5 Å². The highest BCUT2D eigenvalue weighted by atomic mass is 19.1. The number of halogens is 2. The summed E-state index contributed by atoms with van der Waals surface area (Å²) in [5.41, 5.74) is 1.04. The van der Waals surface area contributed by atoms with Gasteiger partial charge in [-0.15, -0.1) is 0 Å². The first-order chi connectivity index (χ1) is 11.9. The summed E-state index contributed by atoms with van der Waals surface area (Å²) in [6, 6.07) is 8.99. The molecule has 0 aliphatic rings. The number of hydrogen-bond acceptors (Lipinski definition) is 3. The third-order valence-electron chi connectivity index (χ3n) is 3.51. The number of benzene rings is 2. The van der Waals surface area contributed by atoms with Gasteiger partial charge >= 0.3 is 11.8 Å². The fraction of sp³-hybridized carbons (Fsp3) is 0.222. The van der Waals surface area contributed by atoms with E-state index >= 15 is 0 Å². The predicted molar refractivity (Wildman–Crippen MR) is 89.7 cm³/mol. The van der Waals surface area contributed by atoms with Crippen molar-refractivity contribution in [3.8, 4) is 11.1 Å². The Bertz CT molecular complexity index is 763. The van der Waals surface area contributed by atoms with Crippen LogP contribution in [0.3, 0.4) is 0 Å². The van der Waals surface area contributed by atoms with Crippen LogP contribution < -0.4 is 10.6 Å². The zero-order valence-corrected chi connectivity index (χ0v) is 13.6. The molecule has 2 aromatic carbocycles. The average Bonchev–Trinajstić information content (AvgIpc) is 2.61. The van der Waals surface area contributed by atoms with E-state index in [9.17, 15) is 18.4 Å². The Kier molecular flexibility index (Phi) is 6.19. The molecule has 25 heavy (non-hydrogen) atoms. The molecule has 0 fully saturated rings. The van der Waals surface area contributed by atoms with Gasteiger partial charge in [0, 0.05) is 24.4 Å². The summed E-state index contributed by atoms with van der Waals surface area (Å²) in [6.07, 6.45) is 0. The van der Waals surface area contributed by atoms with Gasteiger partial charge in [-0.1, -0.05) is 19.1 Å². The Labute approximate surface area is 143 Å². The van der Waals surface area contributed by atoms with Crippen LogP contribution in [0.2, 0.25) is 0 Å². The van der Waals surface area contributed by atoms with Crippen LogP contribution >= 0.6 is 0 Å². The smallest absolute Gasteiger partial charge is 0.313 e. The Balaban J connectivity index is 2.18. The summed E-state index contributed by atoms with van der Waals surface area (Å²) >= 11 is 0. The van der Waals surface area contributed by atoms with Crippen molar-refractivity contribution in [3.05, 3.63) is 54.1 Å². The van der Waals surface area contributed by atoms with Crippen molar-refractivity contribution in [2.45, 2.75) is 6.92 Å². The van der Waals surface area contributed by atoms with Gasteiger partial charge in [-0.05, 0) is 41.8 Å². The highest BCUT2D eigenvalue weighted by Gasteiger charge is 2.17. The number of aliphatic hydroxyl groups is 1. The summed E-state index contributed by atoms with van der Waals surface area (Å²) < 4.78 is 26.6. The van der Waals surface area contributed by atoms with Crippen LogP contribution in [0.25, 0.3) is 11.1 Å². The number of nitrogens with one attached hydrogen (secondary N) is 2. The van der Waals surface area contributed by atoms with Crippen molar-refractivity contribution in [1.29, 1.82) is 0 Å². The highest BCUT2D eigenvalue weighted by Crippen LogP contribution is 2.29. The van der Waals surface area contributed by atoms with Crippen LogP contribution in [-0.4, -0.2) is 30.1 Å². The van der Waals surface area contributed by atoms with E-state index in [1.54, 1.807) is 6.92 Å². The number of carbonyl (C=O) groups excluding carboxylic acids is 2. The summed E-state index contributed by atoms with van der Waals surface area (Å²) in [7, 11) is 0. The molecule has 0 spiro atoms. The number of rotatable bonds is 5. The standard InChI is InChI=1S/C18H18F2N2O3/c1-11(10-23)9-21-17(24)18(25)22-16-7-6-14(20)8-15(16)12-2-4-13(19)5-3-12/h2-8,11,23H,9-10H2,1H3,(H,21,24)(H,22,25). The van der Waals surface area contributed by atoms with E-state index in [-0.39, 0.29) is 24.8 Å². The minimum absolute atomic E-state index is 0.116. The van der Waals surface area contributed by atoms with E-state index < -0.39 is 23.4 Å². The third-order valence-corrected chi connectivity index (χ3v) is 3.51. The molecule has 0 aliphatic carbocycles. The quantitative estimate of drug-likeness (QED) is 0.726. The van der Waals surface area contributed by atoms with Crippen LogP contribution in [0.4, 0.5) is 14.5 Å². The van der Waals surface area contributed by atoms with Crippen LogP contribution in [-0.2, 0) is 9.59 Å². The van der Waals surface area contributed by atoms with Gasteiger partial charge in [0.05, 0.1) is 0 Å². The zero-order chi connectivity index (χ0) is 18.4. The number of aliphatic hydroxyl groups excluding tert-OH is 1. The molecule has 0 heterocycles. The van der Waals surface area contributed by atoms with Gasteiger partial charge in [0.1, 0.15) is 11.6 Å². The van der Waals surface area contributed by atoms with Crippen molar-refractivity contribution in [2.75, 3.05) is 18.5 Å². The lowest BCUT2D eigenvalue weighted by Crippen LogP contribution is -2.38. The first kappa shape index (κ1) is 18.5. The fourth-order valence-corrected chi connectivity index (χ4v) is 2.08. The molecule has 132 valence electrons. The van der Waals surface area contributed by atoms with Gasteiger partial charge in [0.2, 0.25) is 0 Å². The van der Waals surface area contributed by atoms with E-state index in [1.807, 2.05) is 0 Å². The van der Waals surface area contributed by atoms with Crippen LogP contribution in [0, 0.1) is 17.6 Å². The second-order valence-electron chi connectivity index (χ2n) is 5.65. The van der Waals surface area contributed by atoms with Gasteiger partial charge < -0.3 is 15.7 Å². The Morgan fingerprint density at radius 3 is 2.32 bits per heavy atom. The Morgan fingerprint density at radius 1 is 1.04 bits per heavy atom. The maximum absolute atomic E-state index is 13.6. The number of anilines is 1. The summed E-state index contributed by atoms with van der Waals surface area (Å²) in [5, 5.41) is 13.7. The molecule has 0 saturated carbocycles. The zero-order valence-electron chi connectivity index (χ0n) is 13.6. The van der Waals surface area contributed by atoms with E-state index in [4.69, 9.17) is 5.11 Å². The monoisotopic (exact) mass is 348 g/mol. The molecule has 0 radical (unpaired) electrons. The molecule has 2 aromatic rings. The molecule has 0 bridgehead atoms. The van der Waals surface area contributed by atoms with Crippen molar-refractivity contribution in [3.63, 3.8) is 0 Å². The maximum atomic E-state index is 13.6. The molecule has 3 N–H and O–H groups in total.